The molecular weight excluding hydrogens is 452 g/mol. The first kappa shape index (κ1) is 19.4. The Bertz CT molecular complexity index is 1140. The zero-order valence-electron chi connectivity index (χ0n) is 14.9. The first-order chi connectivity index (χ1) is 13.8. The van der Waals surface area contributed by atoms with E-state index in [1.807, 2.05) is 0 Å². The van der Waals surface area contributed by atoms with Crippen molar-refractivity contribution in [1.29, 1.82) is 0 Å². The van der Waals surface area contributed by atoms with Crippen molar-refractivity contribution in [3.63, 3.8) is 0 Å². The third-order valence-electron chi connectivity index (χ3n) is 4.19. The molecular formula is C18H15F3N6OSe. The van der Waals surface area contributed by atoms with Crippen LogP contribution in [0.5, 0.6) is 0 Å². The van der Waals surface area contributed by atoms with Gasteiger partial charge in [0.2, 0.25) is 0 Å². The van der Waals surface area contributed by atoms with Crippen molar-refractivity contribution in [2.45, 2.75) is 24.0 Å². The van der Waals surface area contributed by atoms with E-state index in [9.17, 15) is 18.0 Å². The molecule has 150 valence electrons. The number of halogens is 3. The predicted octanol–water partition coefficient (Wildman–Crippen LogP) is 1.08. The molecule has 29 heavy (non-hydrogen) atoms. The minimum absolute atomic E-state index is 0.0102. The fourth-order valence-corrected chi connectivity index (χ4v) is 4.14. The van der Waals surface area contributed by atoms with Crippen LogP contribution in [-0.4, -0.2) is 51.9 Å². The molecule has 0 bridgehead atoms. The van der Waals surface area contributed by atoms with Gasteiger partial charge in [0.1, 0.15) is 0 Å². The molecule has 0 spiro atoms. The zero-order chi connectivity index (χ0) is 20.6. The van der Waals surface area contributed by atoms with E-state index in [1.165, 1.54) is 16.8 Å². The SMILES string of the molecule is Nc1cccc2c([Se]C(F)(F)F)c(C#CCNC(=O)c3cnn(C4CC4)c3)nn12. The number of carbonyl (C=O) groups is 1. The van der Waals surface area contributed by atoms with Crippen LogP contribution in [0.3, 0.4) is 0 Å². The van der Waals surface area contributed by atoms with Crippen LogP contribution in [0.15, 0.2) is 30.6 Å². The van der Waals surface area contributed by atoms with Crippen molar-refractivity contribution >= 4 is 36.7 Å². The third-order valence-corrected chi connectivity index (χ3v) is 5.95. The van der Waals surface area contributed by atoms with Gasteiger partial charge in [0, 0.05) is 0 Å². The van der Waals surface area contributed by atoms with E-state index in [0.717, 1.165) is 12.8 Å². The Morgan fingerprint density at radius 1 is 1.38 bits per heavy atom. The third kappa shape index (κ3) is 4.39. The molecule has 0 saturated heterocycles. The fraction of sp³-hybridized carbons (Fsp3) is 0.278. The van der Waals surface area contributed by atoms with Crippen LogP contribution in [0.25, 0.3) is 5.52 Å². The summed E-state index contributed by atoms with van der Waals surface area (Å²) in [7, 11) is 0. The molecule has 1 aliphatic rings. The Morgan fingerprint density at radius 3 is 2.90 bits per heavy atom. The van der Waals surface area contributed by atoms with Crippen LogP contribution in [0.2, 0.25) is 0 Å². The number of pyridine rings is 1. The van der Waals surface area contributed by atoms with Crippen LogP contribution in [-0.2, 0) is 0 Å². The zero-order valence-corrected chi connectivity index (χ0v) is 16.6. The molecule has 3 heterocycles. The Kier molecular flexibility index (Phi) is 4.98. The van der Waals surface area contributed by atoms with Crippen molar-refractivity contribution in [2.24, 2.45) is 0 Å². The standard InChI is InChI=1S/C18H15F3N6OSe/c19-18(20,21)29-16-13(25-27-14(16)4-1-5-15(27)22)3-2-8-23-17(28)11-9-24-26(10-11)12-6-7-12/h1,4-5,9-10,12H,6-8,22H2,(H,23,28). The van der Waals surface area contributed by atoms with E-state index in [1.54, 1.807) is 23.0 Å². The molecule has 0 aromatic carbocycles. The predicted molar refractivity (Wildman–Crippen MR) is 101 cm³/mol. The number of nitrogens with zero attached hydrogens (tertiary/aromatic N) is 4. The van der Waals surface area contributed by atoms with Crippen molar-refractivity contribution < 1.29 is 18.0 Å². The maximum absolute atomic E-state index is 13.0. The van der Waals surface area contributed by atoms with Crippen molar-refractivity contribution in [1.82, 2.24) is 24.7 Å². The monoisotopic (exact) mass is 468 g/mol. The van der Waals surface area contributed by atoms with Crippen LogP contribution in [0, 0.1) is 11.8 Å². The average Bonchev–Trinajstić information content (AvgIpc) is 3.28. The number of nitrogens with two attached hydrogens (primary N) is 1. The summed E-state index contributed by atoms with van der Waals surface area (Å²) in [5, 5.41) is 6.51. The second kappa shape index (κ2) is 7.46. The number of rotatable bonds is 4. The van der Waals surface area contributed by atoms with E-state index in [4.69, 9.17) is 5.73 Å². The van der Waals surface area contributed by atoms with Crippen LogP contribution >= 0.6 is 0 Å². The minimum atomic E-state index is -4.35. The van der Waals surface area contributed by atoms with E-state index in [2.05, 4.69) is 27.4 Å². The Hall–Kier alpha value is -2.96. The quantitative estimate of drug-likeness (QED) is 0.444. The van der Waals surface area contributed by atoms with Crippen molar-refractivity contribution in [2.75, 3.05) is 12.3 Å². The topological polar surface area (TPSA) is 90.2 Å². The number of nitrogen functional groups attached to an aromatic ring is 1. The Labute approximate surface area is 169 Å². The number of carbonyl (C=O) groups excluding carboxylic acids is 1. The van der Waals surface area contributed by atoms with Gasteiger partial charge in [-0.15, -0.1) is 0 Å². The summed E-state index contributed by atoms with van der Waals surface area (Å²) < 4.78 is 42.1. The van der Waals surface area contributed by atoms with Crippen molar-refractivity contribution in [3.8, 4) is 11.8 Å². The molecule has 3 N–H and O–H groups in total. The van der Waals surface area contributed by atoms with E-state index < -0.39 is 20.0 Å². The van der Waals surface area contributed by atoms with Gasteiger partial charge in [-0.2, -0.15) is 0 Å². The molecule has 11 heteroatoms. The van der Waals surface area contributed by atoms with Gasteiger partial charge in [0.25, 0.3) is 0 Å². The van der Waals surface area contributed by atoms with Crippen LogP contribution in [0.4, 0.5) is 19.0 Å². The van der Waals surface area contributed by atoms with Gasteiger partial charge >= 0.3 is 169 Å². The molecule has 0 radical (unpaired) electrons. The number of alkyl halides is 3. The van der Waals surface area contributed by atoms with E-state index >= 15 is 0 Å². The number of hydrogen-bond donors (Lipinski definition) is 2. The summed E-state index contributed by atoms with van der Waals surface area (Å²) in [4.78, 5) is 12.1. The first-order valence-corrected chi connectivity index (χ1v) is 10.4. The average molecular weight is 467 g/mol. The molecule has 1 fully saturated rings. The molecule has 0 atom stereocenters. The second-order valence-electron chi connectivity index (χ2n) is 6.40. The number of nitrogens with one attached hydrogen (secondary N) is 1. The summed E-state index contributed by atoms with van der Waals surface area (Å²) in [6, 6.07) is 5.01. The van der Waals surface area contributed by atoms with Gasteiger partial charge in [0.05, 0.1) is 0 Å². The van der Waals surface area contributed by atoms with Crippen molar-refractivity contribution in [3.05, 3.63) is 41.9 Å². The van der Waals surface area contributed by atoms with E-state index in [0.29, 0.717) is 11.6 Å². The summed E-state index contributed by atoms with van der Waals surface area (Å²) in [5.41, 5.74) is 6.51. The normalized spacial score (nSPS) is 13.9. The Balaban J connectivity index is 1.50. The van der Waals surface area contributed by atoms with Gasteiger partial charge in [-0.25, -0.2) is 0 Å². The number of hydrogen-bond acceptors (Lipinski definition) is 4. The maximum atomic E-state index is 13.0. The second-order valence-corrected chi connectivity index (χ2v) is 8.65. The van der Waals surface area contributed by atoms with Gasteiger partial charge in [0.15, 0.2) is 0 Å². The molecule has 4 rings (SSSR count). The number of anilines is 1. The summed E-state index contributed by atoms with van der Waals surface area (Å²) in [5.74, 6) is 5.18. The molecule has 1 saturated carbocycles. The molecule has 7 nitrogen and oxygen atoms in total. The fourth-order valence-electron chi connectivity index (χ4n) is 2.71. The number of aromatic nitrogens is 4. The molecule has 3 aromatic heterocycles. The van der Waals surface area contributed by atoms with Crippen LogP contribution in [0.1, 0.15) is 34.9 Å². The Morgan fingerprint density at radius 2 is 2.17 bits per heavy atom. The summed E-state index contributed by atoms with van der Waals surface area (Å²) in [6.45, 7) is -0.0325. The van der Waals surface area contributed by atoms with Gasteiger partial charge in [-0.05, 0) is 0 Å². The van der Waals surface area contributed by atoms with E-state index in [-0.39, 0.29) is 33.9 Å². The van der Waals surface area contributed by atoms with Crippen LogP contribution < -0.4 is 15.5 Å². The molecule has 0 aliphatic heterocycles. The molecule has 1 aliphatic carbocycles. The molecule has 3 aromatic rings. The van der Waals surface area contributed by atoms with Gasteiger partial charge < -0.3 is 0 Å². The molecule has 1 amide bonds. The number of fused-ring (bicyclic) bond motifs is 1. The van der Waals surface area contributed by atoms with Gasteiger partial charge in [-0.1, -0.05) is 0 Å². The molecule has 0 unspecified atom stereocenters. The van der Waals surface area contributed by atoms with Gasteiger partial charge in [-0.3, -0.25) is 0 Å². The summed E-state index contributed by atoms with van der Waals surface area (Å²) >= 11 is -1.83. The summed E-state index contributed by atoms with van der Waals surface area (Å²) in [6.07, 6.45) is 5.27. The first-order valence-electron chi connectivity index (χ1n) is 8.66. The number of amides is 1.